The van der Waals surface area contributed by atoms with Gasteiger partial charge in [0.25, 0.3) is 6.43 Å². The van der Waals surface area contributed by atoms with Gasteiger partial charge in [-0.05, 0) is 34.9 Å². The number of hydrogen-bond acceptors (Lipinski definition) is 4. The topological polar surface area (TPSA) is 43.6 Å². The van der Waals surface area contributed by atoms with Crippen molar-refractivity contribution >= 4 is 34.4 Å². The molecule has 0 saturated heterocycles. The fourth-order valence-electron chi connectivity index (χ4n) is 1.39. The van der Waals surface area contributed by atoms with Gasteiger partial charge >= 0.3 is 0 Å². The lowest BCUT2D eigenvalue weighted by Gasteiger charge is -2.03. The molecule has 2 aromatic heterocycles. The van der Waals surface area contributed by atoms with Gasteiger partial charge in [0.2, 0.25) is 0 Å². The minimum Gasteiger partial charge on any atom is -0.253 e. The third kappa shape index (κ3) is 2.97. The lowest BCUT2D eigenvalue weighted by molar-refractivity contribution is 0.121. The lowest BCUT2D eigenvalue weighted by atomic mass is 10.2. The largest absolute Gasteiger partial charge is 0.257 e. The van der Waals surface area contributed by atoms with E-state index < -0.39 is 13.0 Å². The van der Waals surface area contributed by atoms with Gasteiger partial charge in [0, 0.05) is 6.20 Å². The second kappa shape index (κ2) is 5.91. The van der Waals surface area contributed by atoms with Crippen molar-refractivity contribution in [3.05, 3.63) is 22.2 Å². The Morgan fingerprint density at radius 2 is 2.28 bits per heavy atom. The summed E-state index contributed by atoms with van der Waals surface area (Å²) in [5, 5.41) is 4.59. The van der Waals surface area contributed by atoms with Gasteiger partial charge < -0.3 is 0 Å². The van der Waals surface area contributed by atoms with Crippen molar-refractivity contribution in [2.75, 3.05) is 6.26 Å². The number of hydrogen-bond donors (Lipinski definition) is 0. The molecule has 0 fully saturated rings. The predicted molar refractivity (Wildman–Crippen MR) is 73.8 cm³/mol. The van der Waals surface area contributed by atoms with Gasteiger partial charge in [-0.1, -0.05) is 11.8 Å². The van der Waals surface area contributed by atoms with E-state index in [2.05, 4.69) is 15.1 Å². The molecule has 96 valence electrons. The molecule has 18 heavy (non-hydrogen) atoms. The average Bonchev–Trinajstić information content (AvgIpc) is 2.70. The van der Waals surface area contributed by atoms with Gasteiger partial charge in [0.15, 0.2) is 5.16 Å². The predicted octanol–water partition coefficient (Wildman–Crippen LogP) is 2.93. The zero-order valence-corrected chi connectivity index (χ0v) is 12.3. The average molecular weight is 382 g/mol. The molecule has 2 heterocycles. The standard InChI is InChI=1S/C10H9F2IN4S/c1-18-10-14-3-2-7(16-10)6-4-15-17(9(6)13)5-8(11)12/h2-4,8H,5H2,1H3. The summed E-state index contributed by atoms with van der Waals surface area (Å²) in [5.74, 6) is 0. The van der Waals surface area contributed by atoms with Crippen molar-refractivity contribution in [2.24, 2.45) is 0 Å². The van der Waals surface area contributed by atoms with Crippen LogP contribution in [0.25, 0.3) is 11.3 Å². The van der Waals surface area contributed by atoms with Crippen molar-refractivity contribution in [3.8, 4) is 11.3 Å². The third-order valence-electron chi connectivity index (χ3n) is 2.18. The summed E-state index contributed by atoms with van der Waals surface area (Å²) in [7, 11) is 0. The van der Waals surface area contributed by atoms with E-state index in [0.717, 1.165) is 5.56 Å². The van der Waals surface area contributed by atoms with Crippen LogP contribution in [0.3, 0.4) is 0 Å². The molecule has 0 aliphatic carbocycles. The Labute approximate surface area is 120 Å². The Kier molecular flexibility index (Phi) is 4.49. The van der Waals surface area contributed by atoms with Crippen LogP contribution in [0.2, 0.25) is 0 Å². The normalized spacial score (nSPS) is 11.2. The molecule has 0 unspecified atom stereocenters. The minimum atomic E-state index is -2.42. The van der Waals surface area contributed by atoms with Crippen LogP contribution >= 0.6 is 34.4 Å². The molecule has 0 amide bonds. The number of aromatic nitrogens is 4. The fraction of sp³-hybridized carbons (Fsp3) is 0.300. The Balaban J connectivity index is 2.36. The second-order valence-electron chi connectivity index (χ2n) is 3.35. The van der Waals surface area contributed by atoms with E-state index in [4.69, 9.17) is 0 Å². The number of nitrogens with zero attached hydrogens (tertiary/aromatic N) is 4. The molecule has 4 nitrogen and oxygen atoms in total. The summed E-state index contributed by atoms with van der Waals surface area (Å²) >= 11 is 3.43. The van der Waals surface area contributed by atoms with Gasteiger partial charge in [0.05, 0.1) is 17.5 Å². The molecular formula is C10H9F2IN4S. The molecule has 2 rings (SSSR count). The monoisotopic (exact) mass is 382 g/mol. The zero-order valence-electron chi connectivity index (χ0n) is 9.35. The maximum absolute atomic E-state index is 12.3. The van der Waals surface area contributed by atoms with E-state index in [1.807, 2.05) is 28.8 Å². The SMILES string of the molecule is CSc1nccc(-c2cnn(CC(F)F)c2I)n1. The van der Waals surface area contributed by atoms with Crippen LogP contribution < -0.4 is 0 Å². The van der Waals surface area contributed by atoms with Crippen LogP contribution in [0.1, 0.15) is 0 Å². The van der Waals surface area contributed by atoms with Crippen molar-refractivity contribution in [1.29, 1.82) is 0 Å². The zero-order chi connectivity index (χ0) is 13.1. The summed E-state index contributed by atoms with van der Waals surface area (Å²) in [6.45, 7) is -0.404. The van der Waals surface area contributed by atoms with E-state index in [1.165, 1.54) is 16.4 Å². The first-order valence-electron chi connectivity index (χ1n) is 4.98. The number of rotatable bonds is 4. The summed E-state index contributed by atoms with van der Waals surface area (Å²) in [6, 6.07) is 1.74. The fourth-order valence-corrected chi connectivity index (χ4v) is 2.48. The summed E-state index contributed by atoms with van der Waals surface area (Å²) < 4.78 is 26.6. The summed E-state index contributed by atoms with van der Waals surface area (Å²) in [4.78, 5) is 8.39. The van der Waals surface area contributed by atoms with E-state index >= 15 is 0 Å². The van der Waals surface area contributed by atoms with Gasteiger partial charge in [-0.25, -0.2) is 18.7 Å². The van der Waals surface area contributed by atoms with Crippen LogP contribution in [-0.2, 0) is 6.54 Å². The molecule has 0 N–H and O–H groups in total. The number of halogens is 3. The maximum atomic E-state index is 12.3. The number of alkyl halides is 2. The van der Waals surface area contributed by atoms with Gasteiger partial charge in [-0.15, -0.1) is 0 Å². The van der Waals surface area contributed by atoms with Gasteiger partial charge in [-0.3, -0.25) is 4.68 Å². The highest BCUT2D eigenvalue weighted by Crippen LogP contribution is 2.24. The van der Waals surface area contributed by atoms with Crippen LogP contribution in [0.4, 0.5) is 8.78 Å². The first kappa shape index (κ1) is 13.7. The third-order valence-corrected chi connectivity index (χ3v) is 3.88. The van der Waals surface area contributed by atoms with Crippen molar-refractivity contribution in [3.63, 3.8) is 0 Å². The second-order valence-corrected chi connectivity index (χ2v) is 5.15. The van der Waals surface area contributed by atoms with Gasteiger partial charge in [0.1, 0.15) is 10.2 Å². The summed E-state index contributed by atoms with van der Waals surface area (Å²) in [6.07, 6.45) is 2.66. The Bertz CT molecular complexity index is 546. The Hall–Kier alpha value is -0.770. The maximum Gasteiger partial charge on any atom is 0.257 e. The molecule has 8 heteroatoms. The Morgan fingerprint density at radius 3 is 2.94 bits per heavy atom. The molecule has 0 aliphatic heterocycles. The van der Waals surface area contributed by atoms with Crippen LogP contribution in [0, 0.1) is 3.70 Å². The first-order valence-corrected chi connectivity index (χ1v) is 7.29. The highest BCUT2D eigenvalue weighted by molar-refractivity contribution is 14.1. The first-order chi connectivity index (χ1) is 8.61. The van der Waals surface area contributed by atoms with Crippen molar-refractivity contribution < 1.29 is 8.78 Å². The molecule has 0 aromatic carbocycles. The van der Waals surface area contributed by atoms with Crippen LogP contribution in [0.15, 0.2) is 23.6 Å². The van der Waals surface area contributed by atoms with E-state index in [1.54, 1.807) is 18.5 Å². The molecule has 2 aromatic rings. The lowest BCUT2D eigenvalue weighted by Crippen LogP contribution is -2.09. The van der Waals surface area contributed by atoms with Crippen molar-refractivity contribution in [2.45, 2.75) is 18.1 Å². The molecule has 0 atom stereocenters. The highest BCUT2D eigenvalue weighted by Gasteiger charge is 2.14. The van der Waals surface area contributed by atoms with E-state index in [9.17, 15) is 8.78 Å². The molecule has 0 spiro atoms. The van der Waals surface area contributed by atoms with Gasteiger partial charge in [-0.2, -0.15) is 5.10 Å². The quantitative estimate of drug-likeness (QED) is 0.464. The number of thioether (sulfide) groups is 1. The van der Waals surface area contributed by atoms with E-state index in [-0.39, 0.29) is 0 Å². The molecule has 0 radical (unpaired) electrons. The molecule has 0 saturated carbocycles. The molecule has 0 aliphatic rings. The van der Waals surface area contributed by atoms with E-state index in [0.29, 0.717) is 14.6 Å². The molecular weight excluding hydrogens is 373 g/mol. The minimum absolute atomic E-state index is 0.404. The Morgan fingerprint density at radius 1 is 1.50 bits per heavy atom. The van der Waals surface area contributed by atoms with Crippen LogP contribution in [0.5, 0.6) is 0 Å². The molecule has 0 bridgehead atoms. The highest BCUT2D eigenvalue weighted by atomic mass is 127. The van der Waals surface area contributed by atoms with Crippen LogP contribution in [-0.4, -0.2) is 32.4 Å². The van der Waals surface area contributed by atoms with Crippen molar-refractivity contribution in [1.82, 2.24) is 19.7 Å². The summed E-state index contributed by atoms with van der Waals surface area (Å²) in [5.41, 5.74) is 1.44. The smallest absolute Gasteiger partial charge is 0.253 e.